The molecule has 1 atom stereocenters. The molecular weight excluding hydrogens is 275 g/mol. The van der Waals surface area contributed by atoms with E-state index in [1.165, 1.54) is 18.2 Å². The Bertz CT molecular complexity index is 548. The van der Waals surface area contributed by atoms with Crippen LogP contribution in [0.3, 0.4) is 0 Å². The molecule has 2 rings (SSSR count). The first kappa shape index (κ1) is 15.4. The predicted molar refractivity (Wildman–Crippen MR) is 75.3 cm³/mol. The molecule has 0 saturated carbocycles. The van der Waals surface area contributed by atoms with Crippen LogP contribution < -0.4 is 5.32 Å². The largest absolute Gasteiger partial charge is 0.389 e. The van der Waals surface area contributed by atoms with Crippen molar-refractivity contribution in [3.8, 4) is 0 Å². The highest BCUT2D eigenvalue weighted by atomic mass is 19.1. The maximum Gasteiger partial charge on any atom is 0.251 e. The van der Waals surface area contributed by atoms with Gasteiger partial charge < -0.3 is 15.3 Å². The normalized spacial score (nSPS) is 16.1. The van der Waals surface area contributed by atoms with Gasteiger partial charge in [-0.25, -0.2) is 4.39 Å². The number of carbonyl (C=O) groups excluding carboxylic acids is 2. The van der Waals surface area contributed by atoms with Crippen LogP contribution in [0.15, 0.2) is 18.2 Å². The molecule has 1 aromatic rings. The minimum Gasteiger partial charge on any atom is -0.389 e. The van der Waals surface area contributed by atoms with E-state index in [0.717, 1.165) is 6.42 Å². The number of aliphatic hydroxyl groups is 1. The monoisotopic (exact) mass is 294 g/mol. The van der Waals surface area contributed by atoms with E-state index in [1.54, 1.807) is 11.8 Å². The number of hydrogen-bond acceptors (Lipinski definition) is 3. The summed E-state index contributed by atoms with van der Waals surface area (Å²) >= 11 is 0. The number of aryl methyl sites for hydroxylation is 1. The lowest BCUT2D eigenvalue weighted by Crippen LogP contribution is -2.40. The van der Waals surface area contributed by atoms with Crippen molar-refractivity contribution in [1.29, 1.82) is 0 Å². The van der Waals surface area contributed by atoms with Crippen molar-refractivity contribution in [2.75, 3.05) is 19.6 Å². The van der Waals surface area contributed by atoms with Crippen molar-refractivity contribution >= 4 is 11.8 Å². The van der Waals surface area contributed by atoms with Crippen molar-refractivity contribution in [3.05, 3.63) is 35.1 Å². The lowest BCUT2D eigenvalue weighted by atomic mass is 10.1. The Balaban J connectivity index is 1.82. The van der Waals surface area contributed by atoms with E-state index < -0.39 is 6.10 Å². The number of benzene rings is 1. The van der Waals surface area contributed by atoms with Crippen molar-refractivity contribution in [2.45, 2.75) is 25.9 Å². The van der Waals surface area contributed by atoms with E-state index >= 15 is 0 Å². The molecule has 5 nitrogen and oxygen atoms in total. The Morgan fingerprint density at radius 2 is 2.29 bits per heavy atom. The van der Waals surface area contributed by atoms with Crippen molar-refractivity contribution in [1.82, 2.24) is 10.2 Å². The molecule has 1 fully saturated rings. The quantitative estimate of drug-likeness (QED) is 0.846. The number of β-amino-alcohol motifs (C(OH)–C–C–N with tert-alkyl or cyclic N) is 1. The van der Waals surface area contributed by atoms with Crippen LogP contribution in [0.2, 0.25) is 0 Å². The summed E-state index contributed by atoms with van der Waals surface area (Å²) in [5.74, 6) is -0.696. The average Bonchev–Trinajstić information content (AvgIpc) is 2.84. The number of nitrogens with zero attached hydrogens (tertiary/aromatic N) is 1. The Morgan fingerprint density at radius 3 is 2.90 bits per heavy atom. The van der Waals surface area contributed by atoms with Crippen LogP contribution in [0, 0.1) is 12.7 Å². The van der Waals surface area contributed by atoms with Gasteiger partial charge in [0.2, 0.25) is 5.91 Å². The van der Waals surface area contributed by atoms with E-state index in [1.807, 2.05) is 0 Å². The van der Waals surface area contributed by atoms with Gasteiger partial charge in [-0.2, -0.15) is 0 Å². The highest BCUT2D eigenvalue weighted by Gasteiger charge is 2.22. The summed E-state index contributed by atoms with van der Waals surface area (Å²) in [5.41, 5.74) is 0.740. The molecule has 1 heterocycles. The van der Waals surface area contributed by atoms with Gasteiger partial charge in [0, 0.05) is 31.6 Å². The molecule has 1 aromatic carbocycles. The molecule has 21 heavy (non-hydrogen) atoms. The molecule has 1 aliphatic heterocycles. The second kappa shape index (κ2) is 6.67. The molecule has 114 valence electrons. The minimum absolute atomic E-state index is 0.0366. The third kappa shape index (κ3) is 4.01. The fraction of sp³-hybridized carbons (Fsp3) is 0.467. The van der Waals surface area contributed by atoms with Crippen molar-refractivity contribution in [2.24, 2.45) is 0 Å². The zero-order chi connectivity index (χ0) is 15.4. The van der Waals surface area contributed by atoms with E-state index in [2.05, 4.69) is 5.32 Å². The molecule has 1 unspecified atom stereocenters. The van der Waals surface area contributed by atoms with Gasteiger partial charge >= 0.3 is 0 Å². The summed E-state index contributed by atoms with van der Waals surface area (Å²) in [6.07, 6.45) is 0.526. The van der Waals surface area contributed by atoms with Crippen LogP contribution in [-0.4, -0.2) is 47.6 Å². The summed E-state index contributed by atoms with van der Waals surface area (Å²) in [5, 5.41) is 12.4. The zero-order valence-corrected chi connectivity index (χ0v) is 11.9. The molecule has 2 amide bonds. The molecule has 0 spiro atoms. The number of aliphatic hydroxyl groups excluding tert-OH is 1. The fourth-order valence-electron chi connectivity index (χ4n) is 2.31. The Kier molecular flexibility index (Phi) is 4.90. The average molecular weight is 294 g/mol. The van der Waals surface area contributed by atoms with Gasteiger partial charge in [0.05, 0.1) is 6.10 Å². The summed E-state index contributed by atoms with van der Waals surface area (Å²) in [4.78, 5) is 24.9. The van der Waals surface area contributed by atoms with Crippen LogP contribution in [0.4, 0.5) is 4.39 Å². The SMILES string of the molecule is Cc1cc(C(=O)NCC(O)CN2CCCC2=O)ccc1F. The van der Waals surface area contributed by atoms with E-state index in [4.69, 9.17) is 0 Å². The number of hydrogen-bond donors (Lipinski definition) is 2. The predicted octanol–water partition coefficient (Wildman–Crippen LogP) is 0.847. The molecule has 6 heteroatoms. The van der Waals surface area contributed by atoms with Gasteiger partial charge in [0.1, 0.15) is 5.82 Å². The smallest absolute Gasteiger partial charge is 0.251 e. The molecule has 0 bridgehead atoms. The highest BCUT2D eigenvalue weighted by molar-refractivity contribution is 5.94. The van der Waals surface area contributed by atoms with Crippen LogP contribution in [0.25, 0.3) is 0 Å². The third-order valence-corrected chi connectivity index (χ3v) is 3.52. The van der Waals surface area contributed by atoms with E-state index in [-0.39, 0.29) is 30.7 Å². The molecule has 1 aliphatic rings. The molecule has 0 aliphatic carbocycles. The van der Waals surface area contributed by atoms with Crippen molar-refractivity contribution in [3.63, 3.8) is 0 Å². The second-order valence-electron chi connectivity index (χ2n) is 5.27. The Morgan fingerprint density at radius 1 is 1.52 bits per heavy atom. The van der Waals surface area contributed by atoms with Crippen LogP contribution in [-0.2, 0) is 4.79 Å². The first-order chi connectivity index (χ1) is 9.97. The highest BCUT2D eigenvalue weighted by Crippen LogP contribution is 2.10. The number of nitrogens with one attached hydrogen (secondary N) is 1. The standard InChI is InChI=1S/C15H19FN2O3/c1-10-7-11(4-5-13(10)16)15(21)17-8-12(19)9-18-6-2-3-14(18)20/h4-5,7,12,19H,2-3,6,8-9H2,1H3,(H,17,21). The summed E-state index contributed by atoms with van der Waals surface area (Å²) in [6.45, 7) is 2.52. The molecule has 1 saturated heterocycles. The van der Waals surface area contributed by atoms with Gasteiger partial charge in [0.15, 0.2) is 0 Å². The number of halogens is 1. The Labute approximate surface area is 122 Å². The summed E-state index contributed by atoms with van der Waals surface area (Å²) in [6, 6.07) is 4.10. The number of rotatable bonds is 5. The molecule has 2 N–H and O–H groups in total. The first-order valence-electron chi connectivity index (χ1n) is 6.97. The Hall–Kier alpha value is -1.95. The number of carbonyl (C=O) groups is 2. The molecule has 0 radical (unpaired) electrons. The second-order valence-corrected chi connectivity index (χ2v) is 5.27. The molecular formula is C15H19FN2O3. The van der Waals surface area contributed by atoms with Gasteiger partial charge in [-0.1, -0.05) is 0 Å². The van der Waals surface area contributed by atoms with Crippen LogP contribution in [0.5, 0.6) is 0 Å². The summed E-state index contributed by atoms with van der Waals surface area (Å²) < 4.78 is 13.1. The number of amides is 2. The summed E-state index contributed by atoms with van der Waals surface area (Å²) in [7, 11) is 0. The fourth-order valence-corrected chi connectivity index (χ4v) is 2.31. The maximum absolute atomic E-state index is 13.1. The minimum atomic E-state index is -0.808. The molecule has 0 aromatic heterocycles. The lowest BCUT2D eigenvalue weighted by molar-refractivity contribution is -0.128. The van der Waals surface area contributed by atoms with E-state index in [9.17, 15) is 19.1 Å². The van der Waals surface area contributed by atoms with Gasteiger partial charge in [-0.3, -0.25) is 9.59 Å². The van der Waals surface area contributed by atoms with Crippen LogP contribution in [0.1, 0.15) is 28.8 Å². The third-order valence-electron chi connectivity index (χ3n) is 3.52. The topological polar surface area (TPSA) is 69.6 Å². The number of likely N-dealkylation sites (tertiary alicyclic amines) is 1. The van der Waals surface area contributed by atoms with E-state index in [0.29, 0.717) is 24.1 Å². The van der Waals surface area contributed by atoms with Gasteiger partial charge in [-0.05, 0) is 37.1 Å². The zero-order valence-electron chi connectivity index (χ0n) is 11.9. The lowest BCUT2D eigenvalue weighted by Gasteiger charge is -2.20. The van der Waals surface area contributed by atoms with Gasteiger partial charge in [-0.15, -0.1) is 0 Å². The van der Waals surface area contributed by atoms with Crippen molar-refractivity contribution < 1.29 is 19.1 Å². The maximum atomic E-state index is 13.1. The van der Waals surface area contributed by atoms with Gasteiger partial charge in [0.25, 0.3) is 5.91 Å². The van der Waals surface area contributed by atoms with Crippen LogP contribution >= 0.6 is 0 Å². The first-order valence-corrected chi connectivity index (χ1v) is 6.97.